The molecule has 1 aromatic heterocycles. The third-order valence-electron chi connectivity index (χ3n) is 5.48. The van der Waals surface area contributed by atoms with E-state index in [0.717, 1.165) is 10.1 Å². The highest BCUT2D eigenvalue weighted by molar-refractivity contribution is 6.30. The molecular formula is C20H17ClN4O3. The van der Waals surface area contributed by atoms with Crippen LogP contribution < -0.4 is 17.2 Å². The lowest BCUT2D eigenvalue weighted by Gasteiger charge is -2.28. The molecule has 2 aromatic carbocycles. The quantitative estimate of drug-likeness (QED) is 0.625. The van der Waals surface area contributed by atoms with Crippen molar-refractivity contribution in [2.75, 3.05) is 0 Å². The molecule has 1 atom stereocenters. The smallest absolute Gasteiger partial charge is 0.324 e. The number of nitrogens with zero attached hydrogens (tertiary/aromatic N) is 1. The minimum absolute atomic E-state index is 0.139. The van der Waals surface area contributed by atoms with E-state index in [9.17, 15) is 14.4 Å². The fourth-order valence-corrected chi connectivity index (χ4v) is 4.57. The first kappa shape index (κ1) is 18.1. The molecule has 3 amide bonds. The molecule has 142 valence electrons. The zero-order valence-electron chi connectivity index (χ0n) is 14.7. The molecule has 0 radical (unpaired) electrons. The Morgan fingerprint density at radius 2 is 1.75 bits per heavy atom. The fourth-order valence-electron chi connectivity index (χ4n) is 4.39. The van der Waals surface area contributed by atoms with Crippen molar-refractivity contribution < 1.29 is 14.4 Å². The monoisotopic (exact) mass is 396 g/mol. The van der Waals surface area contributed by atoms with Crippen LogP contribution in [-0.4, -0.2) is 22.4 Å². The SMILES string of the molecule is NC(=O)c1c(C2(C(N)=O)CCc3ccc(Cl)cc32)c2ccccc2n1C(N)=O. The van der Waals surface area contributed by atoms with Gasteiger partial charge in [-0.05, 0) is 42.2 Å². The number of para-hydroxylation sites is 1. The third-order valence-corrected chi connectivity index (χ3v) is 5.71. The number of aromatic nitrogens is 1. The van der Waals surface area contributed by atoms with E-state index in [-0.39, 0.29) is 5.69 Å². The predicted octanol–water partition coefficient (Wildman–Crippen LogP) is 2.04. The number of carbonyl (C=O) groups excluding carboxylic acids is 3. The lowest BCUT2D eigenvalue weighted by Crippen LogP contribution is -2.42. The molecule has 8 heteroatoms. The van der Waals surface area contributed by atoms with Crippen LogP contribution >= 0.6 is 11.6 Å². The fraction of sp³-hybridized carbons (Fsp3) is 0.150. The van der Waals surface area contributed by atoms with Crippen molar-refractivity contribution in [3.63, 3.8) is 0 Å². The van der Waals surface area contributed by atoms with Gasteiger partial charge in [0, 0.05) is 16.0 Å². The molecule has 0 bridgehead atoms. The number of amides is 3. The molecule has 6 N–H and O–H groups in total. The summed E-state index contributed by atoms with van der Waals surface area (Å²) in [5.41, 5.74) is 17.8. The summed E-state index contributed by atoms with van der Waals surface area (Å²) in [5.74, 6) is -1.52. The van der Waals surface area contributed by atoms with Crippen LogP contribution in [0.1, 0.15) is 33.6 Å². The summed E-state index contributed by atoms with van der Waals surface area (Å²) in [5, 5.41) is 0.951. The Kier molecular flexibility index (Phi) is 3.94. The van der Waals surface area contributed by atoms with Crippen LogP contribution in [0.2, 0.25) is 5.02 Å². The van der Waals surface area contributed by atoms with Gasteiger partial charge in [-0.2, -0.15) is 0 Å². The van der Waals surface area contributed by atoms with Crippen molar-refractivity contribution in [1.29, 1.82) is 0 Å². The van der Waals surface area contributed by atoms with Crippen molar-refractivity contribution in [3.8, 4) is 0 Å². The molecular weight excluding hydrogens is 380 g/mol. The molecule has 4 rings (SSSR count). The maximum absolute atomic E-state index is 12.9. The molecule has 3 aromatic rings. The Morgan fingerprint density at radius 1 is 1.04 bits per heavy atom. The van der Waals surface area contributed by atoms with Gasteiger partial charge in [0.2, 0.25) is 5.91 Å². The summed E-state index contributed by atoms with van der Waals surface area (Å²) in [7, 11) is 0. The molecule has 1 heterocycles. The van der Waals surface area contributed by atoms with E-state index in [1.807, 2.05) is 6.07 Å². The Bertz CT molecular complexity index is 1180. The number of primary amides is 3. The largest absolute Gasteiger partial charge is 0.369 e. The minimum atomic E-state index is -1.36. The van der Waals surface area contributed by atoms with E-state index in [1.165, 1.54) is 0 Å². The van der Waals surface area contributed by atoms with Gasteiger partial charge in [0.05, 0.1) is 5.52 Å². The molecule has 1 aliphatic carbocycles. The van der Waals surface area contributed by atoms with Gasteiger partial charge < -0.3 is 17.2 Å². The normalized spacial score (nSPS) is 18.2. The molecule has 0 spiro atoms. The summed E-state index contributed by atoms with van der Waals surface area (Å²) in [6, 6.07) is 11.2. The van der Waals surface area contributed by atoms with Gasteiger partial charge in [0.1, 0.15) is 11.1 Å². The number of benzene rings is 2. The number of hydrogen-bond acceptors (Lipinski definition) is 3. The lowest BCUT2D eigenvalue weighted by atomic mass is 9.73. The zero-order valence-corrected chi connectivity index (χ0v) is 15.5. The number of nitrogens with two attached hydrogens (primary N) is 3. The molecule has 0 aliphatic heterocycles. The van der Waals surface area contributed by atoms with E-state index in [4.69, 9.17) is 28.8 Å². The maximum Gasteiger partial charge on any atom is 0.324 e. The summed E-state index contributed by atoms with van der Waals surface area (Å²) in [6.07, 6.45) is 0.884. The van der Waals surface area contributed by atoms with Crippen LogP contribution in [0.25, 0.3) is 10.9 Å². The van der Waals surface area contributed by atoms with Crippen LogP contribution in [0.4, 0.5) is 4.79 Å². The molecule has 0 saturated heterocycles. The van der Waals surface area contributed by atoms with E-state index >= 15 is 0 Å². The van der Waals surface area contributed by atoms with Gasteiger partial charge in [-0.1, -0.05) is 35.9 Å². The van der Waals surface area contributed by atoms with Crippen molar-refractivity contribution in [1.82, 2.24) is 4.57 Å². The first-order valence-electron chi connectivity index (χ1n) is 8.61. The Balaban J connectivity index is 2.22. The lowest BCUT2D eigenvalue weighted by molar-refractivity contribution is -0.122. The molecule has 0 saturated carbocycles. The van der Waals surface area contributed by atoms with Crippen molar-refractivity contribution in [2.45, 2.75) is 18.3 Å². The standard InChI is InChI=1S/C20H17ClN4O3/c21-11-6-5-10-7-8-20(18(23)27,13(10)9-11)15-12-3-1-2-4-14(12)25(19(24)28)16(15)17(22)26/h1-6,9H,7-8H2,(H2,22,26)(H2,23,27)(H2,24,28). The van der Waals surface area contributed by atoms with Crippen LogP contribution in [-0.2, 0) is 16.6 Å². The number of rotatable bonds is 3. The van der Waals surface area contributed by atoms with Gasteiger partial charge >= 0.3 is 6.03 Å². The molecule has 1 unspecified atom stereocenters. The molecule has 28 heavy (non-hydrogen) atoms. The number of hydrogen-bond donors (Lipinski definition) is 3. The summed E-state index contributed by atoms with van der Waals surface area (Å²) in [6.45, 7) is 0. The highest BCUT2D eigenvalue weighted by atomic mass is 35.5. The zero-order chi connectivity index (χ0) is 20.2. The van der Waals surface area contributed by atoms with E-state index in [0.29, 0.717) is 39.9 Å². The highest BCUT2D eigenvalue weighted by Gasteiger charge is 2.50. The van der Waals surface area contributed by atoms with E-state index in [2.05, 4.69) is 0 Å². The minimum Gasteiger partial charge on any atom is -0.369 e. The summed E-state index contributed by atoms with van der Waals surface area (Å²) >= 11 is 6.20. The molecule has 1 aliphatic rings. The summed E-state index contributed by atoms with van der Waals surface area (Å²) in [4.78, 5) is 37.5. The van der Waals surface area contributed by atoms with Crippen molar-refractivity contribution in [2.24, 2.45) is 17.2 Å². The average molecular weight is 397 g/mol. The molecule has 0 fully saturated rings. The van der Waals surface area contributed by atoms with Crippen LogP contribution in [0.15, 0.2) is 42.5 Å². The Hall–Kier alpha value is -3.32. The topological polar surface area (TPSA) is 134 Å². The van der Waals surface area contributed by atoms with Gasteiger partial charge in [-0.25, -0.2) is 4.79 Å². The summed E-state index contributed by atoms with van der Waals surface area (Å²) < 4.78 is 1.04. The number of halogens is 1. The predicted molar refractivity (Wildman–Crippen MR) is 105 cm³/mol. The van der Waals surface area contributed by atoms with Crippen LogP contribution in [0.5, 0.6) is 0 Å². The highest BCUT2D eigenvalue weighted by Crippen LogP contribution is 2.49. The van der Waals surface area contributed by atoms with E-state index in [1.54, 1.807) is 36.4 Å². The Morgan fingerprint density at radius 3 is 2.39 bits per heavy atom. The second-order valence-electron chi connectivity index (χ2n) is 6.85. The second kappa shape index (κ2) is 6.10. The third kappa shape index (κ3) is 2.26. The number of fused-ring (bicyclic) bond motifs is 2. The molecule has 7 nitrogen and oxygen atoms in total. The maximum atomic E-state index is 12.9. The average Bonchev–Trinajstić information content (AvgIpc) is 3.18. The number of aryl methyl sites for hydroxylation is 1. The van der Waals surface area contributed by atoms with Crippen LogP contribution in [0.3, 0.4) is 0 Å². The van der Waals surface area contributed by atoms with Gasteiger partial charge in [-0.15, -0.1) is 0 Å². The van der Waals surface area contributed by atoms with Crippen LogP contribution in [0, 0.1) is 0 Å². The van der Waals surface area contributed by atoms with E-state index < -0.39 is 23.3 Å². The van der Waals surface area contributed by atoms with Gasteiger partial charge in [0.15, 0.2) is 0 Å². The second-order valence-corrected chi connectivity index (χ2v) is 7.29. The number of carbonyl (C=O) groups is 3. The first-order chi connectivity index (χ1) is 13.3. The van der Waals surface area contributed by atoms with Gasteiger partial charge in [0.25, 0.3) is 5.91 Å². The van der Waals surface area contributed by atoms with Crippen molar-refractivity contribution in [3.05, 3.63) is 69.9 Å². The first-order valence-corrected chi connectivity index (χ1v) is 8.99. The van der Waals surface area contributed by atoms with Crippen molar-refractivity contribution >= 4 is 40.3 Å². The van der Waals surface area contributed by atoms with Gasteiger partial charge in [-0.3, -0.25) is 14.2 Å². The Labute approximate surface area is 165 Å².